The monoisotopic (exact) mass is 610 g/mol. The third-order valence-corrected chi connectivity index (χ3v) is 8.43. The molecule has 0 spiro atoms. The lowest BCUT2D eigenvalue weighted by atomic mass is 9.93. The van der Waals surface area contributed by atoms with Crippen molar-refractivity contribution in [1.82, 2.24) is 19.4 Å². The number of nitrogens with one attached hydrogen (secondary N) is 1. The fourth-order valence-electron chi connectivity index (χ4n) is 5.90. The molecule has 1 atom stereocenters. The number of nitrogens with zero attached hydrogens (tertiary/aromatic N) is 5. The summed E-state index contributed by atoms with van der Waals surface area (Å²) in [5.41, 5.74) is 3.57. The maximum atomic E-state index is 14.3. The topological polar surface area (TPSA) is 105 Å². The molecule has 4 heterocycles. The number of nitriles is 1. The number of hydrogen-bond acceptors (Lipinski definition) is 8. The number of piperidine rings is 1. The van der Waals surface area contributed by atoms with Crippen LogP contribution in [-0.4, -0.2) is 56.8 Å². The van der Waals surface area contributed by atoms with Crippen LogP contribution in [0.25, 0.3) is 11.0 Å². The zero-order chi connectivity index (χ0) is 31.6. The number of aromatic nitrogens is 3. The van der Waals surface area contributed by atoms with E-state index in [1.54, 1.807) is 18.2 Å². The van der Waals surface area contributed by atoms with E-state index in [0.29, 0.717) is 48.1 Å². The van der Waals surface area contributed by atoms with Crippen LogP contribution in [-0.2, 0) is 29.1 Å². The second-order valence-electron chi connectivity index (χ2n) is 12.9. The van der Waals surface area contributed by atoms with Crippen LogP contribution in [0.4, 0.5) is 10.2 Å². The van der Waals surface area contributed by atoms with Crippen molar-refractivity contribution in [3.63, 3.8) is 0 Å². The maximum absolute atomic E-state index is 14.3. The van der Waals surface area contributed by atoms with Crippen LogP contribution in [0.2, 0.25) is 0 Å². The van der Waals surface area contributed by atoms with E-state index >= 15 is 0 Å². The highest BCUT2D eigenvalue weighted by Gasteiger charge is 2.27. The number of halogens is 1. The van der Waals surface area contributed by atoms with Gasteiger partial charge in [-0.1, -0.05) is 12.1 Å². The van der Waals surface area contributed by atoms with Gasteiger partial charge in [0.05, 0.1) is 47.4 Å². The van der Waals surface area contributed by atoms with Crippen molar-refractivity contribution in [1.29, 1.82) is 5.26 Å². The summed E-state index contributed by atoms with van der Waals surface area (Å²) in [6.07, 6.45) is 3.10. The molecule has 0 aliphatic carbocycles. The zero-order valence-electron chi connectivity index (χ0n) is 26.1. The number of pyridine rings is 1. The number of rotatable bonds is 9. The molecule has 2 aliphatic heterocycles. The molecule has 6 rings (SSSR count). The lowest BCUT2D eigenvalue weighted by Gasteiger charge is -2.32. The van der Waals surface area contributed by atoms with Gasteiger partial charge in [-0.15, -0.1) is 0 Å². The van der Waals surface area contributed by atoms with Crippen molar-refractivity contribution in [2.45, 2.75) is 77.3 Å². The molecule has 10 heteroatoms. The zero-order valence-corrected chi connectivity index (χ0v) is 26.1. The van der Waals surface area contributed by atoms with E-state index in [2.05, 4.69) is 20.9 Å². The summed E-state index contributed by atoms with van der Waals surface area (Å²) in [5, 5.41) is 12.2. The lowest BCUT2D eigenvalue weighted by Crippen LogP contribution is -2.35. The van der Waals surface area contributed by atoms with E-state index in [-0.39, 0.29) is 12.1 Å². The Labute approximate surface area is 263 Å². The lowest BCUT2D eigenvalue weighted by molar-refractivity contribution is -0.0592. The second-order valence-corrected chi connectivity index (χ2v) is 12.9. The quantitative estimate of drug-likeness (QED) is 0.224. The molecule has 234 valence electrons. The summed E-state index contributed by atoms with van der Waals surface area (Å²) in [6.45, 7) is 9.91. The molecule has 2 aromatic heterocycles. The first-order chi connectivity index (χ1) is 21.6. The van der Waals surface area contributed by atoms with Crippen LogP contribution >= 0.6 is 0 Å². The Morgan fingerprint density at radius 2 is 1.91 bits per heavy atom. The van der Waals surface area contributed by atoms with Gasteiger partial charge >= 0.3 is 5.97 Å². The van der Waals surface area contributed by atoms with Gasteiger partial charge in [0.15, 0.2) is 0 Å². The first-order valence-electron chi connectivity index (χ1n) is 15.6. The van der Waals surface area contributed by atoms with Gasteiger partial charge in [-0.2, -0.15) is 5.26 Å². The summed E-state index contributed by atoms with van der Waals surface area (Å²) in [5.74, 6) is 1.27. The SMILES string of the molecule is CC(C)(C)OC(=O)c1ccc2nc(CN3CCC(c4cccc(NCc5ccc(C#N)cc5F)n4)CC3)n(C[C@@H]3CCO3)c2c1. The van der Waals surface area contributed by atoms with Gasteiger partial charge < -0.3 is 19.4 Å². The number of esters is 1. The predicted molar refractivity (Wildman–Crippen MR) is 169 cm³/mol. The highest BCUT2D eigenvalue weighted by molar-refractivity contribution is 5.94. The van der Waals surface area contributed by atoms with Gasteiger partial charge in [-0.05, 0) is 95.6 Å². The molecule has 0 amide bonds. The summed E-state index contributed by atoms with van der Waals surface area (Å²) < 4.78 is 27.9. The smallest absolute Gasteiger partial charge is 0.338 e. The fourth-order valence-corrected chi connectivity index (χ4v) is 5.90. The Morgan fingerprint density at radius 3 is 2.60 bits per heavy atom. The number of fused-ring (bicyclic) bond motifs is 1. The molecule has 0 radical (unpaired) electrons. The predicted octanol–water partition coefficient (Wildman–Crippen LogP) is 6.18. The summed E-state index contributed by atoms with van der Waals surface area (Å²) in [4.78, 5) is 25.1. The molecular weight excluding hydrogens is 571 g/mol. The van der Waals surface area contributed by atoms with Gasteiger partial charge in [0, 0.05) is 30.3 Å². The maximum Gasteiger partial charge on any atom is 0.338 e. The van der Waals surface area contributed by atoms with Gasteiger partial charge in [0.25, 0.3) is 0 Å². The molecule has 2 aromatic carbocycles. The minimum absolute atomic E-state index is 0.150. The Hall–Kier alpha value is -4.33. The first kappa shape index (κ1) is 30.7. The van der Waals surface area contributed by atoms with E-state index < -0.39 is 11.4 Å². The van der Waals surface area contributed by atoms with Gasteiger partial charge in [-0.3, -0.25) is 4.90 Å². The van der Waals surface area contributed by atoms with E-state index in [9.17, 15) is 9.18 Å². The minimum atomic E-state index is -0.567. The molecule has 9 nitrogen and oxygen atoms in total. The third kappa shape index (κ3) is 7.32. The number of ether oxygens (including phenoxy) is 2. The number of carbonyl (C=O) groups excluding carboxylic acids is 1. The van der Waals surface area contributed by atoms with Gasteiger partial charge in [-0.25, -0.2) is 19.2 Å². The van der Waals surface area contributed by atoms with Crippen molar-refractivity contribution in [2.75, 3.05) is 25.0 Å². The summed E-state index contributed by atoms with van der Waals surface area (Å²) in [6, 6.07) is 18.0. The van der Waals surface area contributed by atoms with E-state index in [0.717, 1.165) is 61.5 Å². The van der Waals surface area contributed by atoms with Crippen molar-refractivity contribution < 1.29 is 18.7 Å². The molecule has 2 saturated heterocycles. The highest BCUT2D eigenvalue weighted by Crippen LogP contribution is 2.30. The molecule has 0 bridgehead atoms. The Morgan fingerprint density at radius 1 is 1.11 bits per heavy atom. The number of carbonyl (C=O) groups is 1. The van der Waals surface area contributed by atoms with E-state index in [4.69, 9.17) is 24.7 Å². The molecule has 0 saturated carbocycles. The second kappa shape index (κ2) is 13.0. The normalized spacial score (nSPS) is 17.5. The molecule has 1 N–H and O–H groups in total. The van der Waals surface area contributed by atoms with Gasteiger partial charge in [0.1, 0.15) is 23.1 Å². The molecular formula is C35H39FN6O3. The highest BCUT2D eigenvalue weighted by atomic mass is 19.1. The average Bonchev–Trinajstić information content (AvgIpc) is 3.33. The molecule has 2 fully saturated rings. The van der Waals surface area contributed by atoms with E-state index in [1.807, 2.05) is 51.1 Å². The van der Waals surface area contributed by atoms with Crippen molar-refractivity contribution in [3.8, 4) is 6.07 Å². The number of likely N-dealkylation sites (tertiary alicyclic amines) is 1. The Balaban J connectivity index is 1.11. The van der Waals surface area contributed by atoms with Crippen LogP contribution in [0.3, 0.4) is 0 Å². The van der Waals surface area contributed by atoms with Crippen LogP contribution in [0, 0.1) is 17.1 Å². The van der Waals surface area contributed by atoms with Crippen LogP contribution in [0.1, 0.15) is 79.0 Å². The summed E-state index contributed by atoms with van der Waals surface area (Å²) >= 11 is 0. The molecule has 0 unspecified atom stereocenters. The number of imidazole rings is 1. The van der Waals surface area contributed by atoms with E-state index in [1.165, 1.54) is 6.07 Å². The Bertz CT molecular complexity index is 1730. The standard InChI is InChI=1S/C35H39FN6O3/c1-35(2,3)45-34(43)25-9-10-30-31(18-25)42(21-27-13-16-44-27)33(40-30)22-41-14-11-24(12-15-41)29-5-4-6-32(39-29)38-20-26-8-7-23(19-37)17-28(26)36/h4-10,17-18,24,27H,11-16,20-22H2,1-3H3,(H,38,39)/t27-/m0/s1. The van der Waals surface area contributed by atoms with Gasteiger partial charge in [0.2, 0.25) is 0 Å². The fraction of sp³-hybridized carbons (Fsp3) is 0.429. The minimum Gasteiger partial charge on any atom is -0.456 e. The third-order valence-electron chi connectivity index (χ3n) is 8.43. The molecule has 45 heavy (non-hydrogen) atoms. The van der Waals surface area contributed by atoms with Crippen molar-refractivity contribution >= 4 is 22.8 Å². The first-order valence-corrected chi connectivity index (χ1v) is 15.6. The summed E-state index contributed by atoms with van der Waals surface area (Å²) in [7, 11) is 0. The van der Waals surface area contributed by atoms with Crippen molar-refractivity contribution in [3.05, 3.63) is 88.6 Å². The molecule has 2 aliphatic rings. The van der Waals surface area contributed by atoms with Crippen LogP contribution < -0.4 is 5.32 Å². The molecule has 4 aromatic rings. The van der Waals surface area contributed by atoms with Crippen molar-refractivity contribution in [2.24, 2.45) is 0 Å². The van der Waals surface area contributed by atoms with Crippen LogP contribution in [0.5, 0.6) is 0 Å². The largest absolute Gasteiger partial charge is 0.456 e. The Kier molecular flexibility index (Phi) is 8.83. The van der Waals surface area contributed by atoms with Crippen LogP contribution in [0.15, 0.2) is 54.6 Å². The average molecular weight is 611 g/mol. The number of benzene rings is 2. The number of hydrogen-bond donors (Lipinski definition) is 1. The number of anilines is 1.